The molecule has 0 radical (unpaired) electrons. The molecule has 7 nitrogen and oxygen atoms in total. The second-order valence-corrected chi connectivity index (χ2v) is 4.41. The van der Waals surface area contributed by atoms with Crippen LogP contribution in [0.4, 0.5) is 11.4 Å². The van der Waals surface area contributed by atoms with Gasteiger partial charge in [0, 0.05) is 31.9 Å². The van der Waals surface area contributed by atoms with Gasteiger partial charge in [-0.15, -0.1) is 0 Å². The third kappa shape index (κ3) is 2.99. The summed E-state index contributed by atoms with van der Waals surface area (Å²) in [5.41, 5.74) is 2.03. The van der Waals surface area contributed by atoms with E-state index in [0.29, 0.717) is 17.9 Å². The fourth-order valence-corrected chi connectivity index (χ4v) is 1.93. The lowest BCUT2D eigenvalue weighted by atomic mass is 10.1. The summed E-state index contributed by atoms with van der Waals surface area (Å²) in [6, 6.07) is 9.81. The quantitative estimate of drug-likeness (QED) is 0.683. The van der Waals surface area contributed by atoms with Crippen LogP contribution in [0.2, 0.25) is 0 Å². The minimum atomic E-state index is -0.541. The lowest BCUT2D eigenvalue weighted by Crippen LogP contribution is -2.01. The van der Waals surface area contributed by atoms with Crippen LogP contribution in [0.1, 0.15) is 16.8 Å². The highest BCUT2D eigenvalue weighted by Crippen LogP contribution is 2.22. The van der Waals surface area contributed by atoms with E-state index < -0.39 is 4.92 Å². The Morgan fingerprint density at radius 2 is 2.10 bits per heavy atom. The number of hydrogen-bond acceptors (Lipinski definition) is 5. The maximum atomic E-state index is 10.7. The average molecular weight is 281 g/mol. The van der Waals surface area contributed by atoms with Crippen LogP contribution in [-0.2, 0) is 13.6 Å². The first-order chi connectivity index (χ1) is 10.0. The molecular formula is C14H11N5O2. The molecule has 1 aromatic heterocycles. The Morgan fingerprint density at radius 1 is 1.33 bits per heavy atom. The first-order valence-electron chi connectivity index (χ1n) is 6.03. The Balaban J connectivity index is 2.18. The minimum absolute atomic E-state index is 0.122. The third-order valence-electron chi connectivity index (χ3n) is 2.99. The average Bonchev–Trinajstić information content (AvgIpc) is 2.84. The molecule has 0 saturated carbocycles. The topological polar surface area (TPSA) is 108 Å². The number of aryl methyl sites for hydroxylation is 1. The molecule has 0 saturated heterocycles. The standard InChI is InChI=1S/C14H11N5O2/c1-18-9-10(4-13(18)7-16)8-17-14-3-2-12(19(20)21)5-11(14)6-15/h2-5,9,17H,8H2,1H3. The van der Waals surface area contributed by atoms with E-state index in [9.17, 15) is 10.1 Å². The molecule has 21 heavy (non-hydrogen) atoms. The molecule has 104 valence electrons. The molecule has 0 fully saturated rings. The molecule has 1 heterocycles. The van der Waals surface area contributed by atoms with Gasteiger partial charge in [-0.2, -0.15) is 10.5 Å². The van der Waals surface area contributed by atoms with Crippen LogP contribution in [0.15, 0.2) is 30.5 Å². The first kappa shape index (κ1) is 14.1. The Labute approximate surface area is 120 Å². The summed E-state index contributed by atoms with van der Waals surface area (Å²) < 4.78 is 1.71. The van der Waals surface area contributed by atoms with Gasteiger partial charge in [0.1, 0.15) is 17.8 Å². The number of rotatable bonds is 4. The predicted molar refractivity (Wildman–Crippen MR) is 75.3 cm³/mol. The van der Waals surface area contributed by atoms with Crippen LogP contribution < -0.4 is 5.32 Å². The molecule has 2 aromatic rings. The first-order valence-corrected chi connectivity index (χ1v) is 6.03. The lowest BCUT2D eigenvalue weighted by molar-refractivity contribution is -0.384. The fraction of sp³-hybridized carbons (Fsp3) is 0.143. The highest BCUT2D eigenvalue weighted by Gasteiger charge is 2.11. The van der Waals surface area contributed by atoms with E-state index in [1.807, 2.05) is 12.3 Å². The van der Waals surface area contributed by atoms with Gasteiger partial charge >= 0.3 is 0 Å². The summed E-state index contributed by atoms with van der Waals surface area (Å²) >= 11 is 0. The van der Waals surface area contributed by atoms with Crippen molar-refractivity contribution in [2.24, 2.45) is 7.05 Å². The molecule has 7 heteroatoms. The molecule has 0 amide bonds. The van der Waals surface area contributed by atoms with Crippen molar-refractivity contribution in [1.29, 1.82) is 10.5 Å². The van der Waals surface area contributed by atoms with Gasteiger partial charge < -0.3 is 9.88 Å². The van der Waals surface area contributed by atoms with Crippen molar-refractivity contribution in [2.75, 3.05) is 5.32 Å². The van der Waals surface area contributed by atoms with E-state index in [-0.39, 0.29) is 11.3 Å². The van der Waals surface area contributed by atoms with Gasteiger partial charge in [-0.05, 0) is 17.7 Å². The zero-order valence-electron chi connectivity index (χ0n) is 11.2. The monoisotopic (exact) mass is 281 g/mol. The van der Waals surface area contributed by atoms with Gasteiger partial charge in [-0.1, -0.05) is 0 Å². The highest BCUT2D eigenvalue weighted by atomic mass is 16.6. The van der Waals surface area contributed by atoms with Crippen molar-refractivity contribution >= 4 is 11.4 Å². The number of anilines is 1. The van der Waals surface area contributed by atoms with Gasteiger partial charge in [-0.25, -0.2) is 0 Å². The van der Waals surface area contributed by atoms with Crippen LogP contribution in [0.3, 0.4) is 0 Å². The molecule has 0 aliphatic rings. The third-order valence-corrected chi connectivity index (χ3v) is 2.99. The van der Waals surface area contributed by atoms with Gasteiger partial charge in [0.15, 0.2) is 0 Å². The van der Waals surface area contributed by atoms with Gasteiger partial charge in [0.05, 0.1) is 16.2 Å². The summed E-state index contributed by atoms with van der Waals surface area (Å²) in [5.74, 6) is 0. The molecule has 0 aliphatic carbocycles. The smallest absolute Gasteiger partial charge is 0.270 e. The summed E-state index contributed by atoms with van der Waals surface area (Å²) in [6.45, 7) is 0.419. The Hall–Kier alpha value is -3.32. The van der Waals surface area contributed by atoms with Gasteiger partial charge in [0.2, 0.25) is 0 Å². The van der Waals surface area contributed by atoms with Crippen molar-refractivity contribution in [3.8, 4) is 12.1 Å². The SMILES string of the molecule is Cn1cc(CNc2ccc([N+](=O)[O-])cc2C#N)cc1C#N. The minimum Gasteiger partial charge on any atom is -0.380 e. The molecule has 0 bridgehead atoms. The molecule has 0 spiro atoms. The van der Waals surface area contributed by atoms with E-state index in [4.69, 9.17) is 10.5 Å². The maximum Gasteiger partial charge on any atom is 0.270 e. The number of nitriles is 2. The molecule has 0 atom stereocenters. The van der Waals surface area contributed by atoms with E-state index in [2.05, 4.69) is 11.4 Å². The van der Waals surface area contributed by atoms with Crippen molar-refractivity contribution in [2.45, 2.75) is 6.54 Å². The van der Waals surface area contributed by atoms with E-state index in [1.54, 1.807) is 17.7 Å². The van der Waals surface area contributed by atoms with Gasteiger partial charge in [0.25, 0.3) is 5.69 Å². The highest BCUT2D eigenvalue weighted by molar-refractivity contribution is 5.61. The second kappa shape index (κ2) is 5.76. The zero-order valence-corrected chi connectivity index (χ0v) is 11.2. The van der Waals surface area contributed by atoms with Crippen LogP contribution >= 0.6 is 0 Å². The van der Waals surface area contributed by atoms with E-state index in [1.165, 1.54) is 18.2 Å². The number of nitrogens with one attached hydrogen (secondary N) is 1. The van der Waals surface area contributed by atoms with E-state index >= 15 is 0 Å². The fourth-order valence-electron chi connectivity index (χ4n) is 1.93. The van der Waals surface area contributed by atoms with Crippen LogP contribution in [0, 0.1) is 32.8 Å². The predicted octanol–water partition coefficient (Wildman–Crippen LogP) is 2.29. The Kier molecular flexibility index (Phi) is 3.87. The Bertz CT molecular complexity index is 780. The van der Waals surface area contributed by atoms with Crippen LogP contribution in [-0.4, -0.2) is 9.49 Å². The summed E-state index contributed by atoms with van der Waals surface area (Å²) in [7, 11) is 1.77. The normalized spacial score (nSPS) is 9.67. The molecule has 0 unspecified atom stereocenters. The maximum absolute atomic E-state index is 10.7. The van der Waals surface area contributed by atoms with Crippen molar-refractivity contribution in [3.05, 3.63) is 57.4 Å². The second-order valence-electron chi connectivity index (χ2n) is 4.41. The molecule has 1 N–H and O–H groups in total. The van der Waals surface area contributed by atoms with Crippen LogP contribution in [0.25, 0.3) is 0 Å². The zero-order chi connectivity index (χ0) is 15.4. The van der Waals surface area contributed by atoms with Gasteiger partial charge in [-0.3, -0.25) is 10.1 Å². The van der Waals surface area contributed by atoms with Crippen molar-refractivity contribution in [3.63, 3.8) is 0 Å². The largest absolute Gasteiger partial charge is 0.380 e. The van der Waals surface area contributed by atoms with Crippen molar-refractivity contribution in [1.82, 2.24) is 4.57 Å². The van der Waals surface area contributed by atoms with Crippen LogP contribution in [0.5, 0.6) is 0 Å². The Morgan fingerprint density at radius 3 is 2.67 bits per heavy atom. The number of nitrogens with zero attached hydrogens (tertiary/aromatic N) is 4. The molecule has 1 aromatic carbocycles. The number of non-ortho nitro benzene ring substituents is 1. The molecule has 2 rings (SSSR count). The lowest BCUT2D eigenvalue weighted by Gasteiger charge is -2.06. The summed E-state index contributed by atoms with van der Waals surface area (Å²) in [4.78, 5) is 10.1. The molecular weight excluding hydrogens is 270 g/mol. The number of benzene rings is 1. The molecule has 0 aliphatic heterocycles. The summed E-state index contributed by atoms with van der Waals surface area (Å²) in [6.07, 6.45) is 1.81. The summed E-state index contributed by atoms with van der Waals surface area (Å²) in [5, 5.41) is 31.7. The number of hydrogen-bond donors (Lipinski definition) is 1. The van der Waals surface area contributed by atoms with Crippen molar-refractivity contribution < 1.29 is 4.92 Å². The number of nitro groups is 1. The number of aromatic nitrogens is 1. The van der Waals surface area contributed by atoms with E-state index in [0.717, 1.165) is 5.56 Å². The number of nitro benzene ring substituents is 1.